The zero-order chi connectivity index (χ0) is 16.0. The summed E-state index contributed by atoms with van der Waals surface area (Å²) in [5.74, 6) is 2.00. The number of ether oxygens (including phenoxy) is 1. The number of nitrogens with zero attached hydrogens (tertiary/aromatic N) is 2. The van der Waals surface area contributed by atoms with E-state index in [4.69, 9.17) is 4.74 Å². The van der Waals surface area contributed by atoms with Gasteiger partial charge in [0.2, 0.25) is 0 Å². The molecule has 2 aromatic rings. The topological polar surface area (TPSA) is 45.6 Å². The molecule has 1 aromatic carbocycles. The van der Waals surface area contributed by atoms with E-state index >= 15 is 0 Å². The number of hydrogen-bond donors (Lipinski definition) is 1. The summed E-state index contributed by atoms with van der Waals surface area (Å²) >= 11 is 0. The Hall–Kier alpha value is -1.91. The maximum absolute atomic E-state index is 11.0. The molecule has 2 unspecified atom stereocenters. The lowest BCUT2D eigenvalue weighted by molar-refractivity contribution is 0.0644. The Balaban J connectivity index is 1.68. The third-order valence-electron chi connectivity index (χ3n) is 5.50. The minimum absolute atomic E-state index is 0.188. The van der Waals surface area contributed by atoms with E-state index in [9.17, 15) is 5.11 Å². The van der Waals surface area contributed by atoms with Crippen LogP contribution in [0.15, 0.2) is 43.1 Å². The molecule has 2 aliphatic heterocycles. The number of benzene rings is 1. The fourth-order valence-electron chi connectivity index (χ4n) is 4.24. The monoisotopic (exact) mass is 310 g/mol. The van der Waals surface area contributed by atoms with Gasteiger partial charge in [-0.1, -0.05) is 6.08 Å². The summed E-state index contributed by atoms with van der Waals surface area (Å²) in [5, 5.41) is 12.0. The van der Waals surface area contributed by atoms with Crippen LogP contribution in [-0.4, -0.2) is 41.2 Å². The van der Waals surface area contributed by atoms with Crippen LogP contribution < -0.4 is 4.74 Å². The summed E-state index contributed by atoms with van der Waals surface area (Å²) in [6, 6.07) is 7.94. The highest BCUT2D eigenvalue weighted by Gasteiger charge is 2.45. The number of hydrogen-bond acceptors (Lipinski definition) is 4. The lowest BCUT2D eigenvalue weighted by atomic mass is 9.86. The van der Waals surface area contributed by atoms with Crippen molar-refractivity contribution in [3.05, 3.63) is 48.7 Å². The van der Waals surface area contributed by atoms with Crippen LogP contribution in [0.2, 0.25) is 0 Å². The molecule has 120 valence electrons. The van der Waals surface area contributed by atoms with Gasteiger partial charge in [0.05, 0.1) is 18.7 Å². The fourth-order valence-corrected chi connectivity index (χ4v) is 4.24. The molecule has 2 saturated heterocycles. The second-order valence-corrected chi connectivity index (χ2v) is 6.64. The number of aliphatic hydroxyl groups is 1. The number of fused-ring (bicyclic) bond motifs is 3. The molecule has 1 N–H and O–H groups in total. The molecule has 2 aliphatic rings. The van der Waals surface area contributed by atoms with E-state index in [1.165, 1.54) is 0 Å². The third-order valence-corrected chi connectivity index (χ3v) is 5.50. The van der Waals surface area contributed by atoms with Gasteiger partial charge in [-0.15, -0.1) is 6.58 Å². The third kappa shape index (κ3) is 2.33. The van der Waals surface area contributed by atoms with Crippen molar-refractivity contribution in [2.75, 3.05) is 20.2 Å². The predicted molar refractivity (Wildman–Crippen MR) is 90.4 cm³/mol. The summed E-state index contributed by atoms with van der Waals surface area (Å²) in [7, 11) is 1.66. The molecule has 0 aliphatic carbocycles. The maximum Gasteiger partial charge on any atom is 0.119 e. The number of piperidine rings is 1. The molecule has 0 amide bonds. The molecule has 1 aromatic heterocycles. The van der Waals surface area contributed by atoms with E-state index in [1.807, 2.05) is 24.3 Å². The van der Waals surface area contributed by atoms with Gasteiger partial charge in [0, 0.05) is 30.7 Å². The first kappa shape index (κ1) is 14.7. The van der Waals surface area contributed by atoms with E-state index < -0.39 is 6.10 Å². The average Bonchev–Trinajstić information content (AvgIpc) is 3.20. The Morgan fingerprint density at radius 1 is 1.39 bits per heavy atom. The number of aliphatic hydroxyl groups excluding tert-OH is 1. The molecule has 3 heterocycles. The van der Waals surface area contributed by atoms with Crippen LogP contribution in [0, 0.1) is 11.8 Å². The molecule has 4 heteroatoms. The summed E-state index contributed by atoms with van der Waals surface area (Å²) in [5.41, 5.74) is 1.84. The first-order valence-corrected chi connectivity index (χ1v) is 8.18. The second kappa shape index (κ2) is 5.62. The van der Waals surface area contributed by atoms with Crippen LogP contribution in [0.4, 0.5) is 0 Å². The van der Waals surface area contributed by atoms with Gasteiger partial charge >= 0.3 is 0 Å². The maximum atomic E-state index is 11.0. The lowest BCUT2D eigenvalue weighted by Crippen LogP contribution is -2.37. The molecular weight excluding hydrogens is 288 g/mol. The number of methoxy groups -OCH3 is 1. The minimum Gasteiger partial charge on any atom is -0.497 e. The highest BCUT2D eigenvalue weighted by molar-refractivity contribution is 5.83. The minimum atomic E-state index is -0.497. The highest BCUT2D eigenvalue weighted by Crippen LogP contribution is 2.43. The summed E-state index contributed by atoms with van der Waals surface area (Å²) in [6.45, 7) is 6.03. The predicted octanol–water partition coefficient (Wildman–Crippen LogP) is 2.78. The highest BCUT2D eigenvalue weighted by atomic mass is 16.5. The molecule has 23 heavy (non-hydrogen) atoms. The van der Waals surface area contributed by atoms with Crippen molar-refractivity contribution >= 4 is 10.9 Å². The van der Waals surface area contributed by atoms with E-state index in [1.54, 1.807) is 13.3 Å². The second-order valence-electron chi connectivity index (χ2n) is 6.64. The normalized spacial score (nSPS) is 30.5. The average molecular weight is 310 g/mol. The molecular formula is C19H22N2O2. The molecule has 4 rings (SSSR count). The van der Waals surface area contributed by atoms with Crippen LogP contribution >= 0.6 is 0 Å². The smallest absolute Gasteiger partial charge is 0.119 e. The lowest BCUT2D eigenvalue weighted by Gasteiger charge is -2.32. The number of aromatic nitrogens is 1. The first-order chi connectivity index (χ1) is 11.2. The van der Waals surface area contributed by atoms with E-state index in [2.05, 4.69) is 22.5 Å². The summed E-state index contributed by atoms with van der Waals surface area (Å²) in [4.78, 5) is 6.82. The van der Waals surface area contributed by atoms with Gasteiger partial charge < -0.3 is 9.84 Å². The van der Waals surface area contributed by atoms with Crippen molar-refractivity contribution in [2.45, 2.75) is 18.6 Å². The van der Waals surface area contributed by atoms with Crippen LogP contribution in [0.1, 0.15) is 18.1 Å². The van der Waals surface area contributed by atoms with Gasteiger partial charge in [-0.3, -0.25) is 9.88 Å². The number of rotatable bonds is 4. The van der Waals surface area contributed by atoms with Crippen molar-refractivity contribution < 1.29 is 9.84 Å². The van der Waals surface area contributed by atoms with Crippen molar-refractivity contribution in [1.29, 1.82) is 0 Å². The fraction of sp³-hybridized carbons (Fsp3) is 0.421. The van der Waals surface area contributed by atoms with Crippen LogP contribution in [0.3, 0.4) is 0 Å². The van der Waals surface area contributed by atoms with E-state index in [-0.39, 0.29) is 6.04 Å². The summed E-state index contributed by atoms with van der Waals surface area (Å²) in [6.07, 6.45) is 4.39. The Morgan fingerprint density at radius 2 is 2.26 bits per heavy atom. The van der Waals surface area contributed by atoms with E-state index in [0.29, 0.717) is 11.8 Å². The van der Waals surface area contributed by atoms with Gasteiger partial charge in [-0.25, -0.2) is 0 Å². The van der Waals surface area contributed by atoms with Crippen molar-refractivity contribution in [1.82, 2.24) is 9.88 Å². The zero-order valence-corrected chi connectivity index (χ0v) is 13.4. The molecule has 5 atom stereocenters. The molecule has 2 bridgehead atoms. The first-order valence-electron chi connectivity index (χ1n) is 8.18. The Bertz CT molecular complexity index is 745. The quantitative estimate of drug-likeness (QED) is 0.882. The molecule has 2 fully saturated rings. The Kier molecular flexibility index (Phi) is 3.58. The summed E-state index contributed by atoms with van der Waals surface area (Å²) < 4.78 is 5.33. The van der Waals surface area contributed by atoms with Gasteiger partial charge in [0.1, 0.15) is 5.75 Å². The molecule has 4 nitrogen and oxygen atoms in total. The van der Waals surface area contributed by atoms with Gasteiger partial charge in [-0.2, -0.15) is 0 Å². The largest absolute Gasteiger partial charge is 0.497 e. The Morgan fingerprint density at radius 3 is 2.96 bits per heavy atom. The van der Waals surface area contributed by atoms with Crippen molar-refractivity contribution in [3.63, 3.8) is 0 Å². The van der Waals surface area contributed by atoms with E-state index in [0.717, 1.165) is 41.7 Å². The van der Waals surface area contributed by atoms with Gasteiger partial charge in [0.15, 0.2) is 0 Å². The molecule has 0 radical (unpaired) electrons. The van der Waals surface area contributed by atoms with Crippen molar-refractivity contribution in [2.24, 2.45) is 11.8 Å². The van der Waals surface area contributed by atoms with Crippen molar-refractivity contribution in [3.8, 4) is 5.75 Å². The van der Waals surface area contributed by atoms with Crippen LogP contribution in [-0.2, 0) is 0 Å². The number of pyridine rings is 1. The molecule has 0 spiro atoms. The Labute approximate surface area is 136 Å². The SMILES string of the molecule is C=C[C@H]1CN2CC1C[C@H]2[C@H](O)c1ccnc2ccc(OC)cc12. The van der Waals surface area contributed by atoms with Crippen LogP contribution in [0.5, 0.6) is 5.75 Å². The zero-order valence-electron chi connectivity index (χ0n) is 13.4. The van der Waals surface area contributed by atoms with Gasteiger partial charge in [0.25, 0.3) is 0 Å². The molecule has 0 saturated carbocycles. The standard InChI is InChI=1S/C19H22N2O2/c1-3-12-10-21-11-13(12)8-18(21)19(22)15-6-7-20-17-5-4-14(23-2)9-16(15)17/h3-7,9,12-13,18-19,22H,1,8,10-11H2,2H3/t12-,13?,18-,19+/m0/s1. The van der Waals surface area contributed by atoms with Gasteiger partial charge in [-0.05, 0) is 48.1 Å². The van der Waals surface area contributed by atoms with Crippen LogP contribution in [0.25, 0.3) is 10.9 Å².